The number of benzene rings is 1. The molecule has 30 heavy (non-hydrogen) atoms. The Balaban J connectivity index is 1.38. The summed E-state index contributed by atoms with van der Waals surface area (Å²) in [5.74, 6) is 0.807. The number of aryl methyl sites for hydroxylation is 1. The molecule has 1 fully saturated rings. The minimum absolute atomic E-state index is 0.0263. The lowest BCUT2D eigenvalue weighted by Crippen LogP contribution is -2.32. The molecule has 3 aromatic heterocycles. The van der Waals surface area contributed by atoms with Crippen molar-refractivity contribution in [1.29, 1.82) is 0 Å². The van der Waals surface area contributed by atoms with Crippen molar-refractivity contribution in [2.45, 2.75) is 32.4 Å². The van der Waals surface area contributed by atoms with Gasteiger partial charge in [-0.1, -0.05) is 17.7 Å². The number of rotatable bonds is 6. The molecule has 0 radical (unpaired) electrons. The van der Waals surface area contributed by atoms with Crippen molar-refractivity contribution in [3.05, 3.63) is 63.3 Å². The summed E-state index contributed by atoms with van der Waals surface area (Å²) in [5.41, 5.74) is 1.55. The maximum atomic E-state index is 13.3. The number of thiophene rings is 1. The average Bonchev–Trinajstić information content (AvgIpc) is 3.12. The molecule has 0 aliphatic heterocycles. The van der Waals surface area contributed by atoms with Gasteiger partial charge in [0.15, 0.2) is 0 Å². The molecule has 0 spiro atoms. The summed E-state index contributed by atoms with van der Waals surface area (Å²) in [6, 6.07) is 11.4. The number of aromatic nitrogens is 3. The van der Waals surface area contributed by atoms with E-state index in [0.717, 1.165) is 34.0 Å². The SMILES string of the molecule is Cc1nc(-c2cccs2)sc1C(=O)N(Cc1nnc(-c2ccc(Cl)cc2)o1)C1CC1. The highest BCUT2D eigenvalue weighted by atomic mass is 35.5. The highest BCUT2D eigenvalue weighted by Gasteiger charge is 2.36. The van der Waals surface area contributed by atoms with Crippen molar-refractivity contribution in [3.8, 4) is 21.3 Å². The second-order valence-corrected chi connectivity index (χ2v) is 9.47. The Morgan fingerprint density at radius 1 is 1.23 bits per heavy atom. The smallest absolute Gasteiger partial charge is 0.266 e. The predicted molar refractivity (Wildman–Crippen MR) is 118 cm³/mol. The number of carbonyl (C=O) groups is 1. The quantitative estimate of drug-likeness (QED) is 0.372. The van der Waals surface area contributed by atoms with Crippen LogP contribution in [0.25, 0.3) is 21.3 Å². The number of hydrogen-bond acceptors (Lipinski definition) is 7. The van der Waals surface area contributed by atoms with E-state index in [1.54, 1.807) is 23.5 Å². The number of amides is 1. The van der Waals surface area contributed by atoms with Gasteiger partial charge in [-0.05, 0) is 55.5 Å². The van der Waals surface area contributed by atoms with E-state index in [2.05, 4.69) is 15.2 Å². The fourth-order valence-corrected chi connectivity index (χ4v) is 5.10. The first-order valence-electron chi connectivity index (χ1n) is 9.49. The van der Waals surface area contributed by atoms with Gasteiger partial charge in [-0.15, -0.1) is 32.9 Å². The van der Waals surface area contributed by atoms with Crippen LogP contribution in [0.2, 0.25) is 5.02 Å². The maximum Gasteiger partial charge on any atom is 0.266 e. The highest BCUT2D eigenvalue weighted by Crippen LogP contribution is 2.35. The molecule has 1 aliphatic carbocycles. The van der Waals surface area contributed by atoms with E-state index in [1.807, 2.05) is 41.5 Å². The van der Waals surface area contributed by atoms with Crippen molar-refractivity contribution >= 4 is 40.2 Å². The van der Waals surface area contributed by atoms with E-state index in [4.69, 9.17) is 16.0 Å². The summed E-state index contributed by atoms with van der Waals surface area (Å²) in [4.78, 5) is 21.5. The van der Waals surface area contributed by atoms with Crippen LogP contribution in [0.15, 0.2) is 46.2 Å². The Hall–Kier alpha value is -2.55. The van der Waals surface area contributed by atoms with Crippen LogP contribution in [0, 0.1) is 6.92 Å². The molecule has 0 atom stereocenters. The zero-order valence-corrected chi connectivity index (χ0v) is 18.4. The molecule has 0 N–H and O–H groups in total. The second kappa shape index (κ2) is 7.94. The Morgan fingerprint density at radius 2 is 2.03 bits per heavy atom. The lowest BCUT2D eigenvalue weighted by Gasteiger charge is -2.19. The summed E-state index contributed by atoms with van der Waals surface area (Å²) in [6.07, 6.45) is 1.97. The lowest BCUT2D eigenvalue weighted by atomic mass is 10.2. The average molecular weight is 457 g/mol. The Labute approximate surface area is 186 Å². The molecule has 6 nitrogen and oxygen atoms in total. The molecule has 0 unspecified atom stereocenters. The van der Waals surface area contributed by atoms with Crippen molar-refractivity contribution in [3.63, 3.8) is 0 Å². The summed E-state index contributed by atoms with van der Waals surface area (Å²) < 4.78 is 5.83. The third-order valence-electron chi connectivity index (χ3n) is 4.83. The normalized spacial score (nSPS) is 13.5. The molecular weight excluding hydrogens is 440 g/mol. The molecule has 0 bridgehead atoms. The van der Waals surface area contributed by atoms with Gasteiger partial charge in [0.2, 0.25) is 11.8 Å². The Bertz CT molecular complexity index is 1180. The van der Waals surface area contributed by atoms with E-state index in [-0.39, 0.29) is 18.5 Å². The van der Waals surface area contributed by atoms with Crippen LogP contribution in [0.5, 0.6) is 0 Å². The molecule has 5 rings (SSSR count). The van der Waals surface area contributed by atoms with Gasteiger partial charge in [-0.3, -0.25) is 4.79 Å². The first-order valence-corrected chi connectivity index (χ1v) is 11.6. The summed E-state index contributed by atoms with van der Waals surface area (Å²) >= 11 is 9.00. The first-order chi connectivity index (χ1) is 14.6. The van der Waals surface area contributed by atoms with Gasteiger partial charge in [0.1, 0.15) is 9.88 Å². The standard InChI is InChI=1S/C21H17ClN4O2S2/c1-12-18(30-20(23-12)16-3-2-10-29-16)21(27)26(15-8-9-15)11-17-24-25-19(28-17)13-4-6-14(22)7-5-13/h2-7,10,15H,8-9,11H2,1H3. The predicted octanol–water partition coefficient (Wildman–Crippen LogP) is 5.69. The van der Waals surface area contributed by atoms with E-state index < -0.39 is 0 Å². The van der Waals surface area contributed by atoms with Crippen LogP contribution in [-0.2, 0) is 6.54 Å². The number of thiazole rings is 1. The fourth-order valence-electron chi connectivity index (χ4n) is 3.16. The monoisotopic (exact) mass is 456 g/mol. The van der Waals surface area contributed by atoms with Crippen LogP contribution in [0.1, 0.15) is 34.1 Å². The largest absolute Gasteiger partial charge is 0.419 e. The van der Waals surface area contributed by atoms with Gasteiger partial charge in [0.05, 0.1) is 17.1 Å². The minimum Gasteiger partial charge on any atom is -0.419 e. The van der Waals surface area contributed by atoms with Gasteiger partial charge in [-0.2, -0.15) is 0 Å². The lowest BCUT2D eigenvalue weighted by molar-refractivity contribution is 0.0718. The fraction of sp³-hybridized carbons (Fsp3) is 0.238. The molecule has 1 aliphatic rings. The van der Waals surface area contributed by atoms with Crippen LogP contribution < -0.4 is 0 Å². The van der Waals surface area contributed by atoms with Crippen molar-refractivity contribution < 1.29 is 9.21 Å². The van der Waals surface area contributed by atoms with E-state index >= 15 is 0 Å². The number of hydrogen-bond donors (Lipinski definition) is 0. The van der Waals surface area contributed by atoms with Gasteiger partial charge in [-0.25, -0.2) is 4.98 Å². The topological polar surface area (TPSA) is 72.1 Å². The minimum atomic E-state index is -0.0263. The molecule has 0 saturated heterocycles. The molecule has 1 saturated carbocycles. The Kier molecular flexibility index (Phi) is 5.14. The molecule has 1 aromatic carbocycles. The van der Waals surface area contributed by atoms with Crippen LogP contribution in [-0.4, -0.2) is 32.0 Å². The summed E-state index contributed by atoms with van der Waals surface area (Å²) in [7, 11) is 0. The molecule has 1 amide bonds. The third-order valence-corrected chi connectivity index (χ3v) is 7.27. The van der Waals surface area contributed by atoms with E-state index in [1.165, 1.54) is 11.3 Å². The first kappa shape index (κ1) is 19.4. The zero-order chi connectivity index (χ0) is 20.7. The molecule has 152 valence electrons. The van der Waals surface area contributed by atoms with E-state index in [0.29, 0.717) is 21.7 Å². The molecule has 4 aromatic rings. The Morgan fingerprint density at radius 3 is 2.73 bits per heavy atom. The number of nitrogens with zero attached hydrogens (tertiary/aromatic N) is 4. The van der Waals surface area contributed by atoms with Crippen LogP contribution in [0.3, 0.4) is 0 Å². The molecular formula is C21H17ClN4O2S2. The van der Waals surface area contributed by atoms with Gasteiger partial charge in [0.25, 0.3) is 5.91 Å². The summed E-state index contributed by atoms with van der Waals surface area (Å²) in [6.45, 7) is 2.17. The highest BCUT2D eigenvalue weighted by molar-refractivity contribution is 7.22. The zero-order valence-electron chi connectivity index (χ0n) is 16.0. The van der Waals surface area contributed by atoms with Crippen molar-refractivity contribution in [2.24, 2.45) is 0 Å². The van der Waals surface area contributed by atoms with E-state index in [9.17, 15) is 4.79 Å². The van der Waals surface area contributed by atoms with Gasteiger partial charge in [0, 0.05) is 16.6 Å². The van der Waals surface area contributed by atoms with Gasteiger partial charge >= 0.3 is 0 Å². The number of carbonyl (C=O) groups excluding carboxylic acids is 1. The van der Waals surface area contributed by atoms with Crippen molar-refractivity contribution in [1.82, 2.24) is 20.1 Å². The number of halogens is 1. The molecule has 3 heterocycles. The van der Waals surface area contributed by atoms with Gasteiger partial charge < -0.3 is 9.32 Å². The second-order valence-electron chi connectivity index (χ2n) is 7.08. The van der Waals surface area contributed by atoms with Crippen LogP contribution >= 0.6 is 34.3 Å². The van der Waals surface area contributed by atoms with Crippen LogP contribution in [0.4, 0.5) is 0 Å². The molecule has 9 heteroatoms. The summed E-state index contributed by atoms with van der Waals surface area (Å²) in [5, 5.41) is 11.8. The maximum absolute atomic E-state index is 13.3. The third kappa shape index (κ3) is 3.90. The van der Waals surface area contributed by atoms with Crippen molar-refractivity contribution in [2.75, 3.05) is 0 Å².